The molecule has 0 fully saturated rings. The molecule has 0 radical (unpaired) electrons. The number of carbonyl (C=O) groups excluding carboxylic acids is 1. The van der Waals surface area contributed by atoms with Crippen LogP contribution in [0.3, 0.4) is 0 Å². The zero-order valence-corrected chi connectivity index (χ0v) is 14.3. The van der Waals surface area contributed by atoms with Crippen LogP contribution in [-0.2, 0) is 0 Å². The standard InChI is InChI=1S/C18H12F2N4O4/c1-10-8-16(25)17(18(26)21-13-9-11(19)6-7-12(13)20)22-23(10)14-4-2-3-5-15(14)24(27)28/h2-9H,1H3,(H,21,26). The molecule has 1 aromatic heterocycles. The van der Waals surface area contributed by atoms with E-state index in [9.17, 15) is 28.5 Å². The van der Waals surface area contributed by atoms with Crippen molar-refractivity contribution in [1.82, 2.24) is 9.78 Å². The number of nitro benzene ring substituents is 1. The Bertz CT molecular complexity index is 1160. The van der Waals surface area contributed by atoms with Crippen LogP contribution in [0.1, 0.15) is 16.2 Å². The van der Waals surface area contributed by atoms with Crippen molar-refractivity contribution in [1.29, 1.82) is 0 Å². The first-order chi connectivity index (χ1) is 13.3. The largest absolute Gasteiger partial charge is 0.318 e. The van der Waals surface area contributed by atoms with Gasteiger partial charge < -0.3 is 5.32 Å². The van der Waals surface area contributed by atoms with Gasteiger partial charge in [-0.1, -0.05) is 12.1 Å². The first kappa shape index (κ1) is 18.8. The number of benzene rings is 2. The number of nitro groups is 1. The highest BCUT2D eigenvalue weighted by Crippen LogP contribution is 2.22. The number of nitrogens with zero attached hydrogens (tertiary/aromatic N) is 3. The molecule has 0 unspecified atom stereocenters. The van der Waals surface area contributed by atoms with Crippen LogP contribution < -0.4 is 10.7 Å². The predicted octanol–water partition coefficient (Wildman–Crippen LogP) is 2.98. The maximum absolute atomic E-state index is 13.7. The lowest BCUT2D eigenvalue weighted by Gasteiger charge is -2.12. The highest BCUT2D eigenvalue weighted by atomic mass is 19.1. The summed E-state index contributed by atoms with van der Waals surface area (Å²) in [5, 5.41) is 17.2. The first-order valence-corrected chi connectivity index (χ1v) is 7.89. The molecule has 0 saturated heterocycles. The molecule has 3 rings (SSSR count). The van der Waals surface area contributed by atoms with Crippen molar-refractivity contribution in [2.75, 3.05) is 5.32 Å². The number of aryl methyl sites for hydroxylation is 1. The molecule has 1 N–H and O–H groups in total. The number of amides is 1. The fourth-order valence-corrected chi connectivity index (χ4v) is 2.52. The normalized spacial score (nSPS) is 10.5. The van der Waals surface area contributed by atoms with E-state index in [0.717, 1.165) is 28.9 Å². The molecule has 0 aliphatic rings. The third-order valence-electron chi connectivity index (χ3n) is 3.81. The number of nitrogens with one attached hydrogen (secondary N) is 1. The van der Waals surface area contributed by atoms with Gasteiger partial charge in [-0.05, 0) is 25.1 Å². The van der Waals surface area contributed by atoms with Gasteiger partial charge >= 0.3 is 0 Å². The SMILES string of the molecule is Cc1cc(=O)c(C(=O)Nc2cc(F)ccc2F)nn1-c1ccccc1[N+](=O)[O-]. The molecule has 3 aromatic rings. The van der Waals surface area contributed by atoms with Gasteiger partial charge in [0, 0.05) is 23.9 Å². The minimum Gasteiger partial charge on any atom is -0.318 e. The van der Waals surface area contributed by atoms with Gasteiger partial charge in [-0.15, -0.1) is 0 Å². The van der Waals surface area contributed by atoms with E-state index in [2.05, 4.69) is 10.4 Å². The quantitative estimate of drug-likeness (QED) is 0.548. The summed E-state index contributed by atoms with van der Waals surface area (Å²) in [6.07, 6.45) is 0. The molecule has 1 heterocycles. The Kier molecular flexibility index (Phi) is 4.94. The van der Waals surface area contributed by atoms with Crippen molar-refractivity contribution in [2.45, 2.75) is 6.92 Å². The Balaban J connectivity index is 2.08. The van der Waals surface area contributed by atoms with Gasteiger partial charge in [-0.2, -0.15) is 5.10 Å². The summed E-state index contributed by atoms with van der Waals surface area (Å²) in [6, 6.07) is 9.15. The summed E-state index contributed by atoms with van der Waals surface area (Å²) in [6.45, 7) is 1.49. The average Bonchev–Trinajstić information content (AvgIpc) is 2.64. The molecule has 1 amide bonds. The van der Waals surface area contributed by atoms with Gasteiger partial charge in [0.1, 0.15) is 17.3 Å². The van der Waals surface area contributed by atoms with Gasteiger partial charge in [0.15, 0.2) is 5.69 Å². The van der Waals surface area contributed by atoms with Gasteiger partial charge in [-0.3, -0.25) is 19.7 Å². The molecule has 0 saturated carbocycles. The second-order valence-corrected chi connectivity index (χ2v) is 5.73. The number of anilines is 1. The van der Waals surface area contributed by atoms with Crippen LogP contribution in [0, 0.1) is 28.7 Å². The van der Waals surface area contributed by atoms with E-state index in [4.69, 9.17) is 0 Å². The molecule has 2 aromatic carbocycles. The van der Waals surface area contributed by atoms with E-state index in [1.54, 1.807) is 0 Å². The van der Waals surface area contributed by atoms with E-state index in [1.807, 2.05) is 0 Å². The van der Waals surface area contributed by atoms with Crippen molar-refractivity contribution < 1.29 is 18.5 Å². The molecule has 10 heteroatoms. The Morgan fingerprint density at radius 1 is 1.18 bits per heavy atom. The number of hydrogen-bond acceptors (Lipinski definition) is 5. The lowest BCUT2D eigenvalue weighted by atomic mass is 10.2. The topological polar surface area (TPSA) is 107 Å². The summed E-state index contributed by atoms with van der Waals surface area (Å²) in [4.78, 5) is 35.2. The second-order valence-electron chi connectivity index (χ2n) is 5.73. The monoisotopic (exact) mass is 386 g/mol. The van der Waals surface area contributed by atoms with E-state index in [1.165, 1.54) is 31.2 Å². The molecular weight excluding hydrogens is 374 g/mol. The second kappa shape index (κ2) is 7.35. The van der Waals surface area contributed by atoms with E-state index in [-0.39, 0.29) is 17.1 Å². The first-order valence-electron chi connectivity index (χ1n) is 7.89. The fraction of sp³-hybridized carbons (Fsp3) is 0.0556. The summed E-state index contributed by atoms with van der Waals surface area (Å²) in [5.41, 5.74) is -1.88. The maximum Gasteiger partial charge on any atom is 0.294 e. The van der Waals surface area contributed by atoms with Gasteiger partial charge in [0.25, 0.3) is 11.6 Å². The number of aromatic nitrogens is 2. The van der Waals surface area contributed by atoms with E-state index < -0.39 is 39.3 Å². The number of rotatable bonds is 4. The van der Waals surface area contributed by atoms with Crippen molar-refractivity contribution in [3.63, 3.8) is 0 Å². The molecule has 0 aliphatic heterocycles. The lowest BCUT2D eigenvalue weighted by molar-refractivity contribution is -0.384. The zero-order chi connectivity index (χ0) is 20.4. The highest BCUT2D eigenvalue weighted by Gasteiger charge is 2.21. The molecular formula is C18H12F2N4O4. The summed E-state index contributed by atoms with van der Waals surface area (Å²) in [7, 11) is 0. The van der Waals surface area contributed by atoms with Crippen LogP contribution in [0.4, 0.5) is 20.2 Å². The predicted molar refractivity (Wildman–Crippen MR) is 95.5 cm³/mol. The van der Waals surface area contributed by atoms with Crippen LogP contribution >= 0.6 is 0 Å². The lowest BCUT2D eigenvalue weighted by Crippen LogP contribution is -2.27. The van der Waals surface area contributed by atoms with Crippen LogP contribution in [0.15, 0.2) is 53.3 Å². The van der Waals surface area contributed by atoms with Crippen LogP contribution in [0.5, 0.6) is 0 Å². The van der Waals surface area contributed by atoms with E-state index >= 15 is 0 Å². The smallest absolute Gasteiger partial charge is 0.294 e. The molecule has 0 atom stereocenters. The minimum atomic E-state index is -1.08. The van der Waals surface area contributed by atoms with Crippen LogP contribution in [0.2, 0.25) is 0 Å². The summed E-state index contributed by atoms with van der Waals surface area (Å²) < 4.78 is 28.1. The van der Waals surface area contributed by atoms with Gasteiger partial charge in [0.2, 0.25) is 5.43 Å². The number of para-hydroxylation sites is 2. The van der Waals surface area contributed by atoms with E-state index in [0.29, 0.717) is 0 Å². The fourth-order valence-electron chi connectivity index (χ4n) is 2.52. The average molecular weight is 386 g/mol. The third-order valence-corrected chi connectivity index (χ3v) is 3.81. The summed E-state index contributed by atoms with van der Waals surface area (Å²) >= 11 is 0. The number of hydrogen-bond donors (Lipinski definition) is 1. The molecule has 8 nitrogen and oxygen atoms in total. The Labute approximate surface area is 156 Å². The van der Waals surface area contributed by atoms with Crippen molar-refractivity contribution >= 4 is 17.3 Å². The minimum absolute atomic E-state index is 0.0380. The van der Waals surface area contributed by atoms with Crippen LogP contribution in [0.25, 0.3) is 5.69 Å². The van der Waals surface area contributed by atoms with Crippen molar-refractivity contribution in [3.8, 4) is 5.69 Å². The molecule has 0 bridgehead atoms. The Hall–Kier alpha value is -3.95. The molecule has 0 aliphatic carbocycles. The Morgan fingerprint density at radius 2 is 1.89 bits per heavy atom. The highest BCUT2D eigenvalue weighted by molar-refractivity contribution is 6.02. The Morgan fingerprint density at radius 3 is 2.61 bits per heavy atom. The van der Waals surface area contributed by atoms with Crippen LogP contribution in [-0.4, -0.2) is 20.6 Å². The zero-order valence-electron chi connectivity index (χ0n) is 14.3. The van der Waals surface area contributed by atoms with Gasteiger partial charge in [0.05, 0.1) is 10.6 Å². The number of halogens is 2. The van der Waals surface area contributed by atoms with Gasteiger partial charge in [-0.25, -0.2) is 13.5 Å². The third kappa shape index (κ3) is 3.61. The maximum atomic E-state index is 13.7. The number of carbonyl (C=O) groups is 1. The molecule has 0 spiro atoms. The molecule has 142 valence electrons. The van der Waals surface area contributed by atoms with Crippen molar-refractivity contribution in [2.24, 2.45) is 0 Å². The van der Waals surface area contributed by atoms with Crippen molar-refractivity contribution in [3.05, 3.63) is 91.9 Å². The summed E-state index contributed by atoms with van der Waals surface area (Å²) in [5.74, 6) is -2.77. The molecule has 28 heavy (non-hydrogen) atoms.